The first-order valence-electron chi connectivity index (χ1n) is 7.94. The van der Waals surface area contributed by atoms with Crippen molar-refractivity contribution >= 4 is 23.3 Å². The number of rotatable bonds is 6. The summed E-state index contributed by atoms with van der Waals surface area (Å²) in [6, 6.07) is 9.90. The second-order valence-corrected chi connectivity index (χ2v) is 6.86. The molecule has 0 spiro atoms. The van der Waals surface area contributed by atoms with Crippen molar-refractivity contribution in [1.82, 2.24) is 20.9 Å². The largest absolute Gasteiger partial charge is 0.352 e. The third-order valence-electron chi connectivity index (χ3n) is 3.67. The van der Waals surface area contributed by atoms with Crippen molar-refractivity contribution < 1.29 is 9.59 Å². The molecule has 1 aromatic carbocycles. The number of nitrogens with zero attached hydrogens (tertiary/aromatic N) is 1. The van der Waals surface area contributed by atoms with E-state index in [2.05, 4.69) is 20.9 Å². The molecular weight excluding hydrogens is 324 g/mol. The summed E-state index contributed by atoms with van der Waals surface area (Å²) in [5.41, 5.74) is 1.98. The van der Waals surface area contributed by atoms with Crippen LogP contribution < -0.4 is 16.0 Å². The smallest absolute Gasteiger partial charge is 0.315 e. The van der Waals surface area contributed by atoms with Gasteiger partial charge in [-0.25, -0.2) is 9.78 Å². The van der Waals surface area contributed by atoms with E-state index in [-0.39, 0.29) is 18.5 Å². The number of benzene rings is 1. The van der Waals surface area contributed by atoms with E-state index in [1.165, 1.54) is 0 Å². The highest BCUT2D eigenvalue weighted by Crippen LogP contribution is 2.27. The Morgan fingerprint density at radius 1 is 1.21 bits per heavy atom. The summed E-state index contributed by atoms with van der Waals surface area (Å²) >= 11 is 1.56. The van der Waals surface area contributed by atoms with Gasteiger partial charge in [-0.05, 0) is 19.8 Å². The van der Waals surface area contributed by atoms with Crippen LogP contribution >= 0.6 is 11.3 Å². The number of aryl methyl sites for hydroxylation is 1. The van der Waals surface area contributed by atoms with Crippen LogP contribution in [0, 0.1) is 6.92 Å². The van der Waals surface area contributed by atoms with E-state index < -0.39 is 0 Å². The van der Waals surface area contributed by atoms with Crippen molar-refractivity contribution in [2.45, 2.75) is 32.4 Å². The summed E-state index contributed by atoms with van der Waals surface area (Å²) in [7, 11) is 0. The van der Waals surface area contributed by atoms with E-state index in [4.69, 9.17) is 0 Å². The quantitative estimate of drug-likeness (QED) is 0.751. The Labute approximate surface area is 144 Å². The van der Waals surface area contributed by atoms with Crippen LogP contribution in [0.25, 0.3) is 10.6 Å². The van der Waals surface area contributed by atoms with Gasteiger partial charge in [0.1, 0.15) is 5.01 Å². The third kappa shape index (κ3) is 4.55. The van der Waals surface area contributed by atoms with Crippen LogP contribution in [0.4, 0.5) is 4.79 Å². The number of aromatic nitrogens is 1. The first kappa shape index (κ1) is 16.4. The molecule has 7 heteroatoms. The average molecular weight is 344 g/mol. The Morgan fingerprint density at radius 3 is 2.67 bits per heavy atom. The molecule has 0 unspecified atom stereocenters. The summed E-state index contributed by atoms with van der Waals surface area (Å²) in [4.78, 5) is 28.9. The molecule has 0 radical (unpaired) electrons. The summed E-state index contributed by atoms with van der Waals surface area (Å²) in [5.74, 6) is -0.145. The van der Waals surface area contributed by atoms with Crippen LogP contribution in [0.2, 0.25) is 0 Å². The SMILES string of the molecule is Cc1nc(-c2ccccc2)sc1CNC(=O)NCC(=O)NC1CC1. The highest BCUT2D eigenvalue weighted by atomic mass is 32.1. The fourth-order valence-corrected chi connectivity index (χ4v) is 3.19. The van der Waals surface area contributed by atoms with Crippen LogP contribution in [0.15, 0.2) is 30.3 Å². The first-order valence-corrected chi connectivity index (χ1v) is 8.76. The summed E-state index contributed by atoms with van der Waals surface area (Å²) in [6.07, 6.45) is 2.07. The molecule has 0 saturated heterocycles. The van der Waals surface area contributed by atoms with E-state index in [9.17, 15) is 9.59 Å². The topological polar surface area (TPSA) is 83.1 Å². The van der Waals surface area contributed by atoms with Crippen LogP contribution in [0.1, 0.15) is 23.4 Å². The van der Waals surface area contributed by atoms with E-state index in [1.807, 2.05) is 37.3 Å². The minimum Gasteiger partial charge on any atom is -0.352 e. The van der Waals surface area contributed by atoms with Gasteiger partial charge in [0.2, 0.25) is 5.91 Å². The number of carbonyl (C=O) groups excluding carboxylic acids is 2. The van der Waals surface area contributed by atoms with Gasteiger partial charge in [-0.2, -0.15) is 0 Å². The Hall–Kier alpha value is -2.41. The number of hydrogen-bond donors (Lipinski definition) is 3. The summed E-state index contributed by atoms with van der Waals surface area (Å²) in [5, 5.41) is 9.10. The van der Waals surface area contributed by atoms with Crippen LogP contribution in [-0.2, 0) is 11.3 Å². The minimum absolute atomic E-state index is 0.000723. The van der Waals surface area contributed by atoms with Gasteiger partial charge in [0, 0.05) is 16.5 Å². The van der Waals surface area contributed by atoms with Gasteiger partial charge in [0.05, 0.1) is 18.8 Å². The molecule has 1 aliphatic carbocycles. The average Bonchev–Trinajstić information content (AvgIpc) is 3.32. The van der Waals surface area contributed by atoms with Crippen LogP contribution in [-0.4, -0.2) is 29.5 Å². The van der Waals surface area contributed by atoms with Crippen LogP contribution in [0.5, 0.6) is 0 Å². The van der Waals surface area contributed by atoms with Gasteiger partial charge in [-0.3, -0.25) is 4.79 Å². The highest BCUT2D eigenvalue weighted by Gasteiger charge is 2.23. The van der Waals surface area contributed by atoms with E-state index in [1.54, 1.807) is 11.3 Å². The molecule has 126 valence electrons. The maximum Gasteiger partial charge on any atom is 0.315 e. The number of thiazole rings is 1. The summed E-state index contributed by atoms with van der Waals surface area (Å²) in [6.45, 7) is 2.33. The van der Waals surface area contributed by atoms with E-state index >= 15 is 0 Å². The molecule has 0 bridgehead atoms. The zero-order valence-corrected chi connectivity index (χ0v) is 14.3. The number of nitrogens with one attached hydrogen (secondary N) is 3. The molecular formula is C17H20N4O2S. The van der Waals surface area contributed by atoms with Crippen LogP contribution in [0.3, 0.4) is 0 Å². The fraction of sp³-hybridized carbons (Fsp3) is 0.353. The van der Waals surface area contributed by atoms with Gasteiger partial charge in [0.15, 0.2) is 0 Å². The second-order valence-electron chi connectivity index (χ2n) is 5.77. The van der Waals surface area contributed by atoms with Crippen molar-refractivity contribution in [3.8, 4) is 10.6 Å². The third-order valence-corrected chi connectivity index (χ3v) is 4.88. The molecule has 3 N–H and O–H groups in total. The fourth-order valence-electron chi connectivity index (χ4n) is 2.19. The lowest BCUT2D eigenvalue weighted by molar-refractivity contribution is -0.120. The van der Waals surface area contributed by atoms with Crippen molar-refractivity contribution in [1.29, 1.82) is 0 Å². The van der Waals surface area contributed by atoms with E-state index in [0.717, 1.165) is 34.0 Å². The van der Waals surface area contributed by atoms with Crippen molar-refractivity contribution in [2.24, 2.45) is 0 Å². The normalized spacial score (nSPS) is 13.4. The molecule has 1 fully saturated rings. The number of urea groups is 1. The lowest BCUT2D eigenvalue weighted by Gasteiger charge is -2.07. The van der Waals surface area contributed by atoms with Crippen molar-refractivity contribution in [2.75, 3.05) is 6.54 Å². The molecule has 24 heavy (non-hydrogen) atoms. The van der Waals surface area contributed by atoms with E-state index in [0.29, 0.717) is 12.6 Å². The molecule has 3 amide bonds. The van der Waals surface area contributed by atoms with Crippen molar-refractivity contribution in [3.63, 3.8) is 0 Å². The Balaban J connectivity index is 1.48. The first-order chi connectivity index (χ1) is 11.6. The van der Waals surface area contributed by atoms with Gasteiger partial charge in [-0.15, -0.1) is 11.3 Å². The highest BCUT2D eigenvalue weighted by molar-refractivity contribution is 7.15. The molecule has 1 aliphatic rings. The van der Waals surface area contributed by atoms with Gasteiger partial charge >= 0.3 is 6.03 Å². The van der Waals surface area contributed by atoms with Gasteiger partial charge < -0.3 is 16.0 Å². The predicted molar refractivity (Wildman–Crippen MR) is 93.7 cm³/mol. The number of carbonyl (C=O) groups is 2. The maximum absolute atomic E-state index is 11.8. The Morgan fingerprint density at radius 2 is 1.96 bits per heavy atom. The zero-order valence-electron chi connectivity index (χ0n) is 13.5. The molecule has 3 rings (SSSR count). The molecule has 2 aromatic rings. The van der Waals surface area contributed by atoms with Crippen molar-refractivity contribution in [3.05, 3.63) is 40.9 Å². The maximum atomic E-state index is 11.8. The molecule has 1 aromatic heterocycles. The monoisotopic (exact) mass is 344 g/mol. The molecule has 0 atom stereocenters. The molecule has 1 heterocycles. The zero-order chi connectivity index (χ0) is 16.9. The lowest BCUT2D eigenvalue weighted by atomic mass is 10.2. The number of hydrogen-bond acceptors (Lipinski definition) is 4. The van der Waals surface area contributed by atoms with Gasteiger partial charge in [0.25, 0.3) is 0 Å². The van der Waals surface area contributed by atoms with Gasteiger partial charge in [-0.1, -0.05) is 30.3 Å². The molecule has 0 aliphatic heterocycles. The second kappa shape index (κ2) is 7.44. The Bertz CT molecular complexity index is 725. The molecule has 6 nitrogen and oxygen atoms in total. The standard InChI is InChI=1S/C17H20N4O2S/c1-11-14(24-16(20-11)12-5-3-2-4-6-12)9-18-17(23)19-10-15(22)21-13-7-8-13/h2-6,13H,7-10H2,1H3,(H,21,22)(H2,18,19,23). The predicted octanol–water partition coefficient (Wildman–Crippen LogP) is 2.20. The number of amides is 3. The summed E-state index contributed by atoms with van der Waals surface area (Å²) < 4.78 is 0. The lowest BCUT2D eigenvalue weighted by Crippen LogP contribution is -2.42. The molecule has 1 saturated carbocycles. The Kier molecular flexibility index (Phi) is 5.10. The minimum atomic E-state index is -0.352.